The monoisotopic (exact) mass is 441 g/mol. The smallest absolute Gasteiger partial charge is 0.407 e. The summed E-state index contributed by atoms with van der Waals surface area (Å²) in [5.41, 5.74) is -0.648. The van der Waals surface area contributed by atoms with Gasteiger partial charge in [0.2, 0.25) is 0 Å². The maximum atomic E-state index is 12.0. The minimum atomic E-state index is -0.363. The molecule has 1 aliphatic heterocycles. The van der Waals surface area contributed by atoms with E-state index in [1.165, 1.54) is 0 Å². The summed E-state index contributed by atoms with van der Waals surface area (Å²) in [5.74, 6) is 0.363. The van der Waals surface area contributed by atoms with Gasteiger partial charge in [-0.15, -0.1) is 0 Å². The fraction of sp³-hybridized carbons (Fsp3) is 0.917. The van der Waals surface area contributed by atoms with Crippen LogP contribution in [-0.2, 0) is 9.47 Å². The second-order valence-electron chi connectivity index (χ2n) is 12.5. The third-order valence-corrected chi connectivity index (χ3v) is 5.55. The van der Waals surface area contributed by atoms with Gasteiger partial charge in [-0.25, -0.2) is 9.59 Å². The highest BCUT2D eigenvalue weighted by Crippen LogP contribution is 2.33. The zero-order valence-corrected chi connectivity index (χ0v) is 21.6. The van der Waals surface area contributed by atoms with Gasteiger partial charge in [-0.3, -0.25) is 4.90 Å². The minimum Gasteiger partial charge on any atom is -0.449 e. The average Bonchev–Trinajstić information content (AvgIpc) is 3.04. The van der Waals surface area contributed by atoms with Crippen molar-refractivity contribution >= 4 is 12.2 Å². The van der Waals surface area contributed by atoms with Crippen molar-refractivity contribution in [2.45, 2.75) is 105 Å². The molecule has 0 unspecified atom stereocenters. The SMILES string of the molecule is CC(C)(CCC(C)(C)N1CC[C@@H](COC(=O)NC(C)(C)C)C1)COC(=O)NC(C)(C)C. The Balaban J connectivity index is 2.43. The van der Waals surface area contributed by atoms with Crippen molar-refractivity contribution in [2.75, 3.05) is 26.3 Å². The van der Waals surface area contributed by atoms with E-state index in [0.717, 1.165) is 32.4 Å². The van der Waals surface area contributed by atoms with Crippen LogP contribution in [-0.4, -0.2) is 60.0 Å². The number of carbonyl (C=O) groups excluding carboxylic acids is 2. The summed E-state index contributed by atoms with van der Waals surface area (Å²) in [7, 11) is 0. The first-order valence-corrected chi connectivity index (χ1v) is 11.5. The fourth-order valence-electron chi connectivity index (χ4n) is 3.53. The van der Waals surface area contributed by atoms with Crippen LogP contribution in [0.4, 0.5) is 9.59 Å². The molecule has 0 radical (unpaired) electrons. The molecule has 0 aliphatic carbocycles. The van der Waals surface area contributed by atoms with E-state index >= 15 is 0 Å². The van der Waals surface area contributed by atoms with Crippen LogP contribution >= 0.6 is 0 Å². The van der Waals surface area contributed by atoms with Gasteiger partial charge in [0.05, 0.1) is 13.2 Å². The van der Waals surface area contributed by atoms with Gasteiger partial charge in [-0.05, 0) is 86.6 Å². The van der Waals surface area contributed by atoms with Crippen molar-refractivity contribution in [1.82, 2.24) is 15.5 Å². The van der Waals surface area contributed by atoms with Crippen molar-refractivity contribution in [3.8, 4) is 0 Å². The predicted octanol–water partition coefficient (Wildman–Crippen LogP) is 4.94. The zero-order chi connectivity index (χ0) is 24.1. The second-order valence-corrected chi connectivity index (χ2v) is 12.5. The lowest BCUT2D eigenvalue weighted by Crippen LogP contribution is -2.44. The highest BCUT2D eigenvalue weighted by molar-refractivity contribution is 5.68. The van der Waals surface area contributed by atoms with E-state index in [4.69, 9.17) is 9.47 Å². The molecule has 1 atom stereocenters. The van der Waals surface area contributed by atoms with Crippen molar-refractivity contribution in [3.05, 3.63) is 0 Å². The zero-order valence-electron chi connectivity index (χ0n) is 21.6. The summed E-state index contributed by atoms with van der Waals surface area (Å²) >= 11 is 0. The van der Waals surface area contributed by atoms with E-state index in [1.54, 1.807) is 0 Å². The highest BCUT2D eigenvalue weighted by atomic mass is 16.6. The second kappa shape index (κ2) is 10.4. The molecule has 0 saturated carbocycles. The highest BCUT2D eigenvalue weighted by Gasteiger charge is 2.35. The summed E-state index contributed by atoms with van der Waals surface area (Å²) in [5, 5.41) is 5.67. The Morgan fingerprint density at radius 3 is 1.87 bits per heavy atom. The molecule has 0 bridgehead atoms. The number of nitrogens with one attached hydrogen (secondary N) is 2. The third kappa shape index (κ3) is 11.6. The minimum absolute atomic E-state index is 0.0351. The van der Waals surface area contributed by atoms with Crippen LogP contribution in [0.5, 0.6) is 0 Å². The Hall–Kier alpha value is -1.50. The Kier molecular flexibility index (Phi) is 9.25. The summed E-state index contributed by atoms with van der Waals surface area (Å²) in [6.07, 6.45) is 2.28. The number of alkyl carbamates (subject to hydrolysis) is 2. The molecule has 0 aromatic rings. The van der Waals surface area contributed by atoms with Gasteiger partial charge in [0.25, 0.3) is 0 Å². The van der Waals surface area contributed by atoms with Gasteiger partial charge >= 0.3 is 12.2 Å². The number of carbonyl (C=O) groups is 2. The van der Waals surface area contributed by atoms with E-state index < -0.39 is 0 Å². The van der Waals surface area contributed by atoms with Crippen LogP contribution in [0.15, 0.2) is 0 Å². The molecule has 7 nitrogen and oxygen atoms in total. The average molecular weight is 442 g/mol. The van der Waals surface area contributed by atoms with Crippen LogP contribution in [0, 0.1) is 11.3 Å². The van der Waals surface area contributed by atoms with Crippen LogP contribution in [0.25, 0.3) is 0 Å². The van der Waals surface area contributed by atoms with E-state index in [1.807, 2.05) is 41.5 Å². The van der Waals surface area contributed by atoms with E-state index in [2.05, 4.69) is 43.2 Å². The molecule has 31 heavy (non-hydrogen) atoms. The molecule has 1 heterocycles. The lowest BCUT2D eigenvalue weighted by Gasteiger charge is -2.38. The van der Waals surface area contributed by atoms with Gasteiger partial charge in [-0.2, -0.15) is 0 Å². The van der Waals surface area contributed by atoms with Crippen molar-refractivity contribution < 1.29 is 19.1 Å². The molecule has 7 heteroatoms. The molecule has 2 amide bonds. The molecule has 1 rings (SSSR count). The quantitative estimate of drug-likeness (QED) is 0.557. The Morgan fingerprint density at radius 2 is 1.35 bits per heavy atom. The first-order valence-electron chi connectivity index (χ1n) is 11.5. The fourth-order valence-corrected chi connectivity index (χ4v) is 3.53. The van der Waals surface area contributed by atoms with Crippen LogP contribution in [0.3, 0.4) is 0 Å². The third-order valence-electron chi connectivity index (χ3n) is 5.55. The van der Waals surface area contributed by atoms with Gasteiger partial charge in [-0.1, -0.05) is 13.8 Å². The van der Waals surface area contributed by atoms with E-state index in [-0.39, 0.29) is 34.2 Å². The van der Waals surface area contributed by atoms with Gasteiger partial charge < -0.3 is 20.1 Å². The van der Waals surface area contributed by atoms with Gasteiger partial charge in [0, 0.05) is 29.1 Å². The molecule has 0 aromatic heterocycles. The van der Waals surface area contributed by atoms with Crippen LogP contribution in [0.2, 0.25) is 0 Å². The number of likely N-dealkylation sites (tertiary alicyclic amines) is 1. The molecule has 182 valence electrons. The normalized spacial score (nSPS) is 18.6. The van der Waals surface area contributed by atoms with Gasteiger partial charge in [0.15, 0.2) is 0 Å². The lowest BCUT2D eigenvalue weighted by atomic mass is 9.83. The van der Waals surface area contributed by atoms with E-state index in [0.29, 0.717) is 19.1 Å². The molecule has 1 fully saturated rings. The summed E-state index contributed by atoms with van der Waals surface area (Å²) in [4.78, 5) is 26.4. The topological polar surface area (TPSA) is 79.9 Å². The number of ether oxygens (including phenoxy) is 2. The Labute approximate surface area is 190 Å². The number of rotatable bonds is 8. The number of hydrogen-bond acceptors (Lipinski definition) is 5. The molecule has 1 aliphatic rings. The maximum absolute atomic E-state index is 12.0. The summed E-state index contributed by atoms with van der Waals surface area (Å²) in [6.45, 7) is 23.2. The summed E-state index contributed by atoms with van der Waals surface area (Å²) in [6, 6.07) is 0. The number of nitrogens with zero attached hydrogens (tertiary/aromatic N) is 1. The first-order chi connectivity index (χ1) is 13.9. The van der Waals surface area contributed by atoms with Crippen molar-refractivity contribution in [1.29, 1.82) is 0 Å². The van der Waals surface area contributed by atoms with Gasteiger partial charge in [0.1, 0.15) is 0 Å². The Bertz CT molecular complexity index is 603. The lowest BCUT2D eigenvalue weighted by molar-refractivity contribution is 0.0683. The molecule has 2 N–H and O–H groups in total. The van der Waals surface area contributed by atoms with E-state index in [9.17, 15) is 9.59 Å². The Morgan fingerprint density at radius 1 is 0.839 bits per heavy atom. The largest absolute Gasteiger partial charge is 0.449 e. The molecule has 0 spiro atoms. The standard InChI is InChI=1S/C24H47N3O4/c1-21(2,3)25-19(28)30-16-18-11-14-27(15-18)24(9,10)13-12-23(7,8)17-31-20(29)26-22(4,5)6/h18H,11-17H2,1-10H3,(H,25,28)(H,26,29)/t18-/m1/s1. The molecule has 1 saturated heterocycles. The van der Waals surface area contributed by atoms with Crippen LogP contribution < -0.4 is 10.6 Å². The molecular weight excluding hydrogens is 394 g/mol. The first kappa shape index (κ1) is 27.5. The van der Waals surface area contributed by atoms with Crippen molar-refractivity contribution in [2.24, 2.45) is 11.3 Å². The number of amides is 2. The molecular formula is C24H47N3O4. The maximum Gasteiger partial charge on any atom is 0.407 e. The molecule has 0 aromatic carbocycles. The predicted molar refractivity (Wildman–Crippen MR) is 125 cm³/mol. The summed E-state index contributed by atoms with van der Waals surface area (Å²) < 4.78 is 10.9. The number of hydrogen-bond donors (Lipinski definition) is 2. The van der Waals surface area contributed by atoms with Crippen molar-refractivity contribution in [3.63, 3.8) is 0 Å². The van der Waals surface area contributed by atoms with Crippen LogP contribution in [0.1, 0.15) is 88.5 Å².